The van der Waals surface area contributed by atoms with Crippen LogP contribution in [0.1, 0.15) is 49.3 Å². The van der Waals surface area contributed by atoms with Crippen LogP contribution in [-0.2, 0) is 4.74 Å². The topological polar surface area (TPSA) is 31.2 Å². The van der Waals surface area contributed by atoms with Gasteiger partial charge in [0.05, 0.1) is 17.9 Å². The van der Waals surface area contributed by atoms with Crippen molar-refractivity contribution in [1.29, 1.82) is 0 Å². The van der Waals surface area contributed by atoms with E-state index in [1.54, 1.807) is 20.8 Å². The van der Waals surface area contributed by atoms with Crippen molar-refractivity contribution in [1.82, 2.24) is 4.57 Å². The molecule has 90 valence electrons. The third-order valence-electron chi connectivity index (χ3n) is 2.21. The van der Waals surface area contributed by atoms with Crippen molar-refractivity contribution in [2.75, 3.05) is 6.61 Å². The van der Waals surface area contributed by atoms with E-state index in [0.29, 0.717) is 0 Å². The zero-order chi connectivity index (χ0) is 12.3. The largest absolute Gasteiger partial charge is 0.462 e. The number of carbonyl (C=O) groups is 1. The molecule has 1 heterocycles. The number of nitrogens with zero attached hydrogens (tertiary/aromatic N) is 1. The Balaban J connectivity index is 3.15. The molecular weight excluding hydrogens is 216 g/mol. The monoisotopic (exact) mass is 231 g/mol. The van der Waals surface area contributed by atoms with Crippen LogP contribution in [0.4, 0.5) is 8.78 Å². The van der Waals surface area contributed by atoms with Crippen molar-refractivity contribution in [3.05, 3.63) is 23.5 Å². The number of hydrogen-bond donors (Lipinski definition) is 0. The predicted octanol–water partition coefficient (Wildman–Crippen LogP) is 3.18. The van der Waals surface area contributed by atoms with Crippen molar-refractivity contribution in [3.63, 3.8) is 0 Å². The molecule has 1 rings (SSSR count). The molecule has 0 atom stereocenters. The lowest BCUT2D eigenvalue weighted by Gasteiger charge is -2.13. The average Bonchev–Trinajstić information content (AvgIpc) is 2.61. The summed E-state index contributed by atoms with van der Waals surface area (Å²) in [7, 11) is 0. The smallest absolute Gasteiger partial charge is 0.340 e. The van der Waals surface area contributed by atoms with E-state index >= 15 is 0 Å². The second kappa shape index (κ2) is 5.09. The van der Waals surface area contributed by atoms with Crippen LogP contribution in [0.3, 0.4) is 0 Å². The molecule has 0 fully saturated rings. The molecule has 1 aromatic rings. The predicted molar refractivity (Wildman–Crippen MR) is 55.7 cm³/mol. The van der Waals surface area contributed by atoms with Gasteiger partial charge in [0.15, 0.2) is 0 Å². The Kier molecular flexibility index (Phi) is 4.04. The number of rotatable bonds is 4. The summed E-state index contributed by atoms with van der Waals surface area (Å²) < 4.78 is 31.8. The SMILES string of the molecule is CCOC(=O)c1ccn(C(C)C)c1C(F)F. The van der Waals surface area contributed by atoms with Crippen LogP contribution < -0.4 is 0 Å². The maximum absolute atomic E-state index is 12.9. The van der Waals surface area contributed by atoms with E-state index in [-0.39, 0.29) is 23.9 Å². The first-order valence-electron chi connectivity index (χ1n) is 5.15. The lowest BCUT2D eigenvalue weighted by Crippen LogP contribution is -2.11. The Labute approximate surface area is 93.0 Å². The van der Waals surface area contributed by atoms with Crippen LogP contribution in [0.5, 0.6) is 0 Å². The highest BCUT2D eigenvalue weighted by molar-refractivity contribution is 5.91. The van der Waals surface area contributed by atoms with Crippen LogP contribution in [-0.4, -0.2) is 17.1 Å². The Morgan fingerprint density at radius 3 is 2.56 bits per heavy atom. The van der Waals surface area contributed by atoms with Gasteiger partial charge in [0.2, 0.25) is 0 Å². The Bertz CT molecular complexity index is 372. The van der Waals surface area contributed by atoms with Crippen molar-refractivity contribution in [2.24, 2.45) is 0 Å². The summed E-state index contributed by atoms with van der Waals surface area (Å²) in [5.74, 6) is -0.697. The van der Waals surface area contributed by atoms with E-state index in [9.17, 15) is 13.6 Å². The minimum absolute atomic E-state index is 0.0504. The van der Waals surface area contributed by atoms with Gasteiger partial charge in [-0.2, -0.15) is 0 Å². The zero-order valence-corrected chi connectivity index (χ0v) is 9.54. The van der Waals surface area contributed by atoms with Gasteiger partial charge in [-0.15, -0.1) is 0 Å². The average molecular weight is 231 g/mol. The lowest BCUT2D eigenvalue weighted by atomic mass is 10.2. The van der Waals surface area contributed by atoms with Gasteiger partial charge in [0.25, 0.3) is 6.43 Å². The lowest BCUT2D eigenvalue weighted by molar-refractivity contribution is 0.0513. The van der Waals surface area contributed by atoms with E-state index < -0.39 is 12.4 Å². The van der Waals surface area contributed by atoms with Gasteiger partial charge in [-0.1, -0.05) is 0 Å². The van der Waals surface area contributed by atoms with E-state index in [0.717, 1.165) is 0 Å². The summed E-state index contributed by atoms with van der Waals surface area (Å²) in [5, 5.41) is 0. The van der Waals surface area contributed by atoms with Gasteiger partial charge in [-0.25, -0.2) is 13.6 Å². The summed E-state index contributed by atoms with van der Waals surface area (Å²) in [4.78, 5) is 11.4. The van der Waals surface area contributed by atoms with Gasteiger partial charge in [-0.05, 0) is 26.8 Å². The highest BCUT2D eigenvalue weighted by Gasteiger charge is 2.24. The molecule has 0 radical (unpaired) electrons. The van der Waals surface area contributed by atoms with Crippen molar-refractivity contribution in [2.45, 2.75) is 33.2 Å². The Morgan fingerprint density at radius 1 is 1.50 bits per heavy atom. The molecule has 16 heavy (non-hydrogen) atoms. The molecule has 1 aromatic heterocycles. The minimum atomic E-state index is -2.68. The molecule has 0 amide bonds. The first kappa shape index (κ1) is 12.7. The number of ether oxygens (including phenoxy) is 1. The number of alkyl halides is 2. The second-order valence-electron chi connectivity index (χ2n) is 3.64. The summed E-state index contributed by atoms with van der Waals surface area (Å²) in [5.41, 5.74) is -0.320. The fourth-order valence-electron chi connectivity index (χ4n) is 1.52. The Hall–Kier alpha value is -1.39. The molecule has 0 saturated carbocycles. The number of carbonyl (C=O) groups excluding carboxylic acids is 1. The quantitative estimate of drug-likeness (QED) is 0.745. The van der Waals surface area contributed by atoms with Crippen molar-refractivity contribution >= 4 is 5.97 Å². The van der Waals surface area contributed by atoms with E-state index in [2.05, 4.69) is 0 Å². The van der Waals surface area contributed by atoms with Crippen LogP contribution in [0.25, 0.3) is 0 Å². The highest BCUT2D eigenvalue weighted by Crippen LogP contribution is 2.27. The van der Waals surface area contributed by atoms with Crippen LogP contribution in [0.15, 0.2) is 12.3 Å². The molecule has 0 aromatic carbocycles. The van der Waals surface area contributed by atoms with E-state index in [1.165, 1.54) is 16.8 Å². The zero-order valence-electron chi connectivity index (χ0n) is 9.54. The van der Waals surface area contributed by atoms with Crippen LogP contribution >= 0.6 is 0 Å². The fourth-order valence-corrected chi connectivity index (χ4v) is 1.52. The van der Waals surface area contributed by atoms with Crippen molar-refractivity contribution < 1.29 is 18.3 Å². The number of aromatic nitrogens is 1. The summed E-state index contributed by atoms with van der Waals surface area (Å²) in [6.07, 6.45) is -1.20. The maximum Gasteiger partial charge on any atom is 0.340 e. The van der Waals surface area contributed by atoms with E-state index in [1.807, 2.05) is 0 Å². The molecule has 0 N–H and O–H groups in total. The van der Waals surface area contributed by atoms with E-state index in [4.69, 9.17) is 4.74 Å². The summed E-state index contributed by atoms with van der Waals surface area (Å²) >= 11 is 0. The second-order valence-corrected chi connectivity index (χ2v) is 3.64. The van der Waals surface area contributed by atoms with Gasteiger partial charge in [0, 0.05) is 12.2 Å². The van der Waals surface area contributed by atoms with Crippen LogP contribution in [0, 0.1) is 0 Å². The van der Waals surface area contributed by atoms with Crippen LogP contribution in [0.2, 0.25) is 0 Å². The van der Waals surface area contributed by atoms with Gasteiger partial charge >= 0.3 is 5.97 Å². The third kappa shape index (κ3) is 2.40. The number of esters is 1. The molecular formula is C11H15F2NO2. The molecule has 0 aliphatic rings. The molecule has 0 aliphatic carbocycles. The minimum Gasteiger partial charge on any atom is -0.462 e. The first-order chi connectivity index (χ1) is 7.49. The molecule has 0 unspecified atom stereocenters. The molecule has 3 nitrogen and oxygen atoms in total. The molecule has 0 bridgehead atoms. The standard InChI is InChI=1S/C11H15F2NO2/c1-4-16-11(15)8-5-6-14(7(2)3)9(8)10(12)13/h5-7,10H,4H2,1-3H3. The summed E-state index contributed by atoms with van der Waals surface area (Å²) in [6, 6.07) is 1.26. The number of halogens is 2. The van der Waals surface area contributed by atoms with Gasteiger partial charge in [0.1, 0.15) is 0 Å². The molecule has 5 heteroatoms. The third-order valence-corrected chi connectivity index (χ3v) is 2.21. The molecule has 0 saturated heterocycles. The Morgan fingerprint density at radius 2 is 2.12 bits per heavy atom. The molecule has 0 aliphatic heterocycles. The van der Waals surface area contributed by atoms with Crippen molar-refractivity contribution in [3.8, 4) is 0 Å². The maximum atomic E-state index is 12.9. The normalized spacial score (nSPS) is 11.2. The van der Waals surface area contributed by atoms with Gasteiger partial charge < -0.3 is 9.30 Å². The first-order valence-corrected chi connectivity index (χ1v) is 5.15. The number of hydrogen-bond acceptors (Lipinski definition) is 2. The van der Waals surface area contributed by atoms with Gasteiger partial charge in [-0.3, -0.25) is 0 Å². The molecule has 0 spiro atoms. The fraction of sp³-hybridized carbons (Fsp3) is 0.545. The highest BCUT2D eigenvalue weighted by atomic mass is 19.3. The summed E-state index contributed by atoms with van der Waals surface area (Å²) in [6.45, 7) is 5.37.